The average Bonchev–Trinajstić information content (AvgIpc) is 3.23. The van der Waals surface area contributed by atoms with E-state index < -0.39 is 23.6 Å². The van der Waals surface area contributed by atoms with Gasteiger partial charge in [-0.15, -0.1) is 6.42 Å². The lowest BCUT2D eigenvalue weighted by Gasteiger charge is -2.41. The maximum Gasteiger partial charge on any atom is 0.318 e. The first-order valence-electron chi connectivity index (χ1n) is 11.9. The topological polar surface area (TPSA) is 83.4 Å². The van der Waals surface area contributed by atoms with Crippen LogP contribution in [-0.2, 0) is 0 Å². The SMILES string of the molecule is C#Cc1c(F)ccc2cc(O)cc(-c3ncc4c(N5C[C@H]6CC[C@@](C(F)F)(C5)N6)nc(OC)nc4c3F)c12. The Morgan fingerprint density at radius 3 is 2.82 bits per heavy atom. The highest BCUT2D eigenvalue weighted by atomic mass is 19.3. The number of ether oxygens (including phenoxy) is 1. The quantitative estimate of drug-likeness (QED) is 0.303. The maximum atomic E-state index is 16.2. The van der Waals surface area contributed by atoms with Gasteiger partial charge in [-0.25, -0.2) is 17.6 Å². The number of phenols is 1. The molecule has 7 nitrogen and oxygen atoms in total. The van der Waals surface area contributed by atoms with Gasteiger partial charge in [0, 0.05) is 36.3 Å². The van der Waals surface area contributed by atoms with Crippen LogP contribution >= 0.6 is 0 Å². The number of nitrogens with zero attached hydrogens (tertiary/aromatic N) is 4. The number of fused-ring (bicyclic) bond motifs is 4. The number of halogens is 4. The Morgan fingerprint density at radius 2 is 2.08 bits per heavy atom. The lowest BCUT2D eigenvalue weighted by molar-refractivity contribution is 0.0367. The Morgan fingerprint density at radius 1 is 1.26 bits per heavy atom. The van der Waals surface area contributed by atoms with Crippen LogP contribution in [0.4, 0.5) is 23.4 Å². The molecule has 6 rings (SSSR count). The summed E-state index contributed by atoms with van der Waals surface area (Å²) in [4.78, 5) is 14.5. The summed E-state index contributed by atoms with van der Waals surface area (Å²) in [5.74, 6) is 0.757. The molecule has 2 aromatic carbocycles. The largest absolute Gasteiger partial charge is 0.508 e. The summed E-state index contributed by atoms with van der Waals surface area (Å²) < 4.78 is 64.0. The first-order valence-corrected chi connectivity index (χ1v) is 11.9. The van der Waals surface area contributed by atoms with Crippen molar-refractivity contribution in [3.8, 4) is 35.4 Å². The van der Waals surface area contributed by atoms with Crippen molar-refractivity contribution in [3.63, 3.8) is 0 Å². The molecule has 2 N–H and O–H groups in total. The number of phenolic OH excluding ortho intramolecular Hbond substituents is 1. The average molecular weight is 523 g/mol. The van der Waals surface area contributed by atoms with Crippen molar-refractivity contribution < 1.29 is 27.4 Å². The number of pyridine rings is 1. The number of hydrogen-bond acceptors (Lipinski definition) is 7. The van der Waals surface area contributed by atoms with Crippen molar-refractivity contribution in [3.05, 3.63) is 47.7 Å². The van der Waals surface area contributed by atoms with E-state index >= 15 is 4.39 Å². The molecular weight excluding hydrogens is 502 g/mol. The molecule has 2 saturated heterocycles. The van der Waals surface area contributed by atoms with Crippen molar-refractivity contribution in [1.82, 2.24) is 20.3 Å². The third kappa shape index (κ3) is 3.59. The zero-order chi connectivity index (χ0) is 26.8. The molecule has 38 heavy (non-hydrogen) atoms. The molecule has 2 aromatic heterocycles. The highest BCUT2D eigenvalue weighted by molar-refractivity contribution is 6.03. The summed E-state index contributed by atoms with van der Waals surface area (Å²) in [7, 11) is 1.32. The minimum Gasteiger partial charge on any atom is -0.508 e. The van der Waals surface area contributed by atoms with E-state index in [-0.39, 0.29) is 63.3 Å². The molecule has 0 spiro atoms. The fourth-order valence-corrected chi connectivity index (χ4v) is 5.61. The maximum absolute atomic E-state index is 16.2. The smallest absolute Gasteiger partial charge is 0.318 e. The van der Waals surface area contributed by atoms with Crippen LogP contribution in [0, 0.1) is 24.0 Å². The van der Waals surface area contributed by atoms with Crippen molar-refractivity contribution in [2.75, 3.05) is 25.1 Å². The fraction of sp³-hybridized carbons (Fsp3) is 0.296. The van der Waals surface area contributed by atoms with Gasteiger partial charge in [-0.1, -0.05) is 12.0 Å². The predicted octanol–water partition coefficient (Wildman–Crippen LogP) is 4.39. The van der Waals surface area contributed by atoms with Gasteiger partial charge >= 0.3 is 6.01 Å². The molecule has 0 aliphatic carbocycles. The van der Waals surface area contributed by atoms with E-state index in [9.17, 15) is 18.3 Å². The van der Waals surface area contributed by atoms with Gasteiger partial charge in [0.1, 0.15) is 28.6 Å². The van der Waals surface area contributed by atoms with Gasteiger partial charge in [-0.2, -0.15) is 9.97 Å². The standard InChI is InChI=1S/C27H21F4N5O2/c1-3-16-19(28)5-4-13-8-15(37)9-17(20(13)16)22-21(29)23-18(10-32-22)24(34-26(33-23)38-2)36-11-14-6-7-27(12-36,35-14)25(30)31/h1,4-5,8-10,14,25,35,37H,6-7,11-12H2,2H3/t14-,27+/m1/s1. The molecule has 0 amide bonds. The number of alkyl halides is 2. The molecule has 2 aliphatic heterocycles. The summed E-state index contributed by atoms with van der Waals surface area (Å²) in [6.45, 7) is 0.344. The van der Waals surface area contributed by atoms with Gasteiger partial charge in [-0.05, 0) is 36.4 Å². The Balaban J connectivity index is 1.57. The predicted molar refractivity (Wildman–Crippen MR) is 133 cm³/mol. The second-order valence-corrected chi connectivity index (χ2v) is 9.59. The molecule has 11 heteroatoms. The Labute approximate surface area is 214 Å². The molecular formula is C27H21F4N5O2. The van der Waals surface area contributed by atoms with Gasteiger partial charge in [0.15, 0.2) is 5.82 Å². The van der Waals surface area contributed by atoms with Gasteiger partial charge < -0.3 is 20.1 Å². The van der Waals surface area contributed by atoms with E-state index in [1.165, 1.54) is 37.6 Å². The van der Waals surface area contributed by atoms with E-state index in [4.69, 9.17) is 11.2 Å². The van der Waals surface area contributed by atoms with E-state index in [2.05, 4.69) is 26.2 Å². The van der Waals surface area contributed by atoms with Crippen LogP contribution in [0.1, 0.15) is 18.4 Å². The van der Waals surface area contributed by atoms with Crippen LogP contribution in [0.15, 0.2) is 30.5 Å². The number of methoxy groups -OCH3 is 1. The van der Waals surface area contributed by atoms with E-state index in [1.807, 2.05) is 0 Å². The minimum absolute atomic E-state index is 0.0399. The van der Waals surface area contributed by atoms with Crippen LogP contribution in [0.25, 0.3) is 32.9 Å². The van der Waals surface area contributed by atoms with E-state index in [0.717, 1.165) is 0 Å². The number of terminal acetylenes is 1. The lowest BCUT2D eigenvalue weighted by Crippen LogP contribution is -2.63. The molecule has 0 saturated carbocycles. The lowest BCUT2D eigenvalue weighted by atomic mass is 9.95. The number of nitrogens with one attached hydrogen (secondary N) is 1. The molecule has 194 valence electrons. The number of aromatic hydroxyl groups is 1. The summed E-state index contributed by atoms with van der Waals surface area (Å²) >= 11 is 0. The fourth-order valence-electron chi connectivity index (χ4n) is 5.61. The highest BCUT2D eigenvalue weighted by Crippen LogP contribution is 2.41. The first kappa shape index (κ1) is 24.2. The third-order valence-corrected chi connectivity index (χ3v) is 7.34. The van der Waals surface area contributed by atoms with Crippen molar-refractivity contribution in [2.24, 2.45) is 0 Å². The molecule has 4 aromatic rings. The zero-order valence-electron chi connectivity index (χ0n) is 20.1. The number of anilines is 1. The molecule has 2 aliphatic rings. The number of hydrogen-bond donors (Lipinski definition) is 2. The summed E-state index contributed by atoms with van der Waals surface area (Å²) in [5, 5.41) is 14.1. The first-order chi connectivity index (χ1) is 18.2. The van der Waals surface area contributed by atoms with Crippen LogP contribution in [-0.4, -0.2) is 58.3 Å². The van der Waals surface area contributed by atoms with E-state index in [0.29, 0.717) is 24.8 Å². The zero-order valence-corrected chi connectivity index (χ0v) is 20.1. The second kappa shape index (κ2) is 8.70. The van der Waals surface area contributed by atoms with Gasteiger partial charge in [-0.3, -0.25) is 4.98 Å². The molecule has 4 heterocycles. The van der Waals surface area contributed by atoms with Crippen LogP contribution < -0.4 is 15.0 Å². The third-order valence-electron chi connectivity index (χ3n) is 7.34. The molecule has 0 radical (unpaired) electrons. The van der Waals surface area contributed by atoms with Gasteiger partial charge in [0.2, 0.25) is 0 Å². The van der Waals surface area contributed by atoms with E-state index in [1.54, 1.807) is 4.90 Å². The number of rotatable bonds is 4. The van der Waals surface area contributed by atoms with Crippen LogP contribution in [0.2, 0.25) is 0 Å². The van der Waals surface area contributed by atoms with Crippen LogP contribution in [0.3, 0.4) is 0 Å². The number of piperazine rings is 1. The van der Waals surface area contributed by atoms with Gasteiger partial charge in [0.05, 0.1) is 23.6 Å². The normalized spacial score (nSPS) is 20.9. The van der Waals surface area contributed by atoms with Gasteiger partial charge in [0.25, 0.3) is 6.43 Å². The van der Waals surface area contributed by atoms with Crippen molar-refractivity contribution in [2.45, 2.75) is 30.8 Å². The summed E-state index contributed by atoms with van der Waals surface area (Å²) in [6, 6.07) is 4.90. The Kier molecular flexibility index (Phi) is 5.54. The molecule has 0 unspecified atom stereocenters. The highest BCUT2D eigenvalue weighted by Gasteiger charge is 2.51. The molecule has 2 atom stereocenters. The number of benzene rings is 2. The Bertz CT molecular complexity index is 1660. The van der Waals surface area contributed by atoms with Crippen molar-refractivity contribution >= 4 is 27.5 Å². The minimum atomic E-state index is -2.60. The Hall–Kier alpha value is -4.17. The number of aromatic nitrogens is 3. The summed E-state index contributed by atoms with van der Waals surface area (Å²) in [6.07, 6.45) is 5.19. The molecule has 2 fully saturated rings. The second-order valence-electron chi connectivity index (χ2n) is 9.59. The van der Waals surface area contributed by atoms with Crippen LogP contribution in [0.5, 0.6) is 11.8 Å². The molecule has 2 bridgehead atoms. The van der Waals surface area contributed by atoms with Crippen molar-refractivity contribution in [1.29, 1.82) is 0 Å². The summed E-state index contributed by atoms with van der Waals surface area (Å²) in [5.41, 5.74) is -1.81. The monoisotopic (exact) mass is 523 g/mol.